The Hall–Kier alpha value is -3.15. The zero-order valence-corrected chi connectivity index (χ0v) is 16.5. The Morgan fingerprint density at radius 3 is 2.76 bits per heavy atom. The van der Waals surface area contributed by atoms with E-state index in [0.717, 1.165) is 19.3 Å². The molecular formula is C23H25N3O3. The third-order valence-electron chi connectivity index (χ3n) is 5.66. The smallest absolute Gasteiger partial charge is 0.227 e. The quantitative estimate of drug-likeness (QED) is 0.840. The van der Waals surface area contributed by atoms with Gasteiger partial charge >= 0.3 is 0 Å². The molecule has 2 aliphatic rings. The second-order valence-corrected chi connectivity index (χ2v) is 7.79. The summed E-state index contributed by atoms with van der Waals surface area (Å²) in [5.41, 5.74) is 3.81. The summed E-state index contributed by atoms with van der Waals surface area (Å²) >= 11 is 0. The number of nitrogens with zero attached hydrogens (tertiary/aromatic N) is 1. The molecule has 1 aliphatic heterocycles. The number of rotatable bonds is 4. The Bertz CT molecular complexity index is 956. The Labute approximate surface area is 170 Å². The zero-order chi connectivity index (χ0) is 20.4. The van der Waals surface area contributed by atoms with Crippen LogP contribution in [0.1, 0.15) is 43.4 Å². The first-order valence-corrected chi connectivity index (χ1v) is 10.1. The largest absolute Gasteiger partial charge is 0.349 e. The molecule has 1 heterocycles. The lowest BCUT2D eigenvalue weighted by molar-refractivity contribution is -0.127. The molecule has 1 aliphatic carbocycles. The Kier molecular flexibility index (Phi) is 5.34. The summed E-state index contributed by atoms with van der Waals surface area (Å²) in [7, 11) is 0. The van der Waals surface area contributed by atoms with Gasteiger partial charge in [-0.3, -0.25) is 14.4 Å². The molecule has 6 heteroatoms. The van der Waals surface area contributed by atoms with Crippen LogP contribution >= 0.6 is 0 Å². The van der Waals surface area contributed by atoms with E-state index in [1.165, 1.54) is 18.1 Å². The molecule has 2 aromatic rings. The van der Waals surface area contributed by atoms with Gasteiger partial charge in [-0.2, -0.15) is 0 Å². The van der Waals surface area contributed by atoms with Crippen LogP contribution in [0.4, 0.5) is 11.4 Å². The lowest BCUT2D eigenvalue weighted by atomic mass is 9.87. The van der Waals surface area contributed by atoms with Crippen LogP contribution in [0.5, 0.6) is 0 Å². The van der Waals surface area contributed by atoms with Crippen molar-refractivity contribution < 1.29 is 14.4 Å². The average molecular weight is 391 g/mol. The van der Waals surface area contributed by atoms with Gasteiger partial charge in [-0.05, 0) is 48.6 Å². The summed E-state index contributed by atoms with van der Waals surface area (Å²) in [5.74, 6) is -0.685. The van der Waals surface area contributed by atoms with Crippen LogP contribution in [0.2, 0.25) is 0 Å². The van der Waals surface area contributed by atoms with Crippen molar-refractivity contribution in [2.45, 2.75) is 38.6 Å². The van der Waals surface area contributed by atoms with Gasteiger partial charge in [0.2, 0.25) is 17.7 Å². The van der Waals surface area contributed by atoms with Gasteiger partial charge in [-0.15, -0.1) is 0 Å². The number of carbonyl (C=O) groups excluding carboxylic acids is 3. The van der Waals surface area contributed by atoms with E-state index >= 15 is 0 Å². The molecule has 150 valence electrons. The second kappa shape index (κ2) is 8.07. The average Bonchev–Trinajstić information content (AvgIpc) is 3.10. The van der Waals surface area contributed by atoms with Crippen LogP contribution < -0.4 is 15.5 Å². The van der Waals surface area contributed by atoms with E-state index < -0.39 is 0 Å². The second-order valence-electron chi connectivity index (χ2n) is 7.79. The van der Waals surface area contributed by atoms with E-state index in [9.17, 15) is 14.4 Å². The first-order chi connectivity index (χ1) is 14.0. The van der Waals surface area contributed by atoms with E-state index in [1.807, 2.05) is 18.2 Å². The summed E-state index contributed by atoms with van der Waals surface area (Å²) < 4.78 is 0. The normalized spacial score (nSPS) is 20.9. The summed E-state index contributed by atoms with van der Waals surface area (Å²) in [5, 5.41) is 5.90. The molecule has 0 spiro atoms. The highest BCUT2D eigenvalue weighted by atomic mass is 16.2. The van der Waals surface area contributed by atoms with Crippen molar-refractivity contribution in [2.24, 2.45) is 5.92 Å². The molecule has 2 aromatic carbocycles. The Morgan fingerprint density at radius 2 is 1.93 bits per heavy atom. The molecule has 1 fully saturated rings. The number of anilines is 2. The maximum atomic E-state index is 12.9. The predicted octanol–water partition coefficient (Wildman–Crippen LogP) is 3.19. The SMILES string of the molecule is CC(=O)Nc1cccc(N2CC(C(=O)NC3CCCc4ccccc43)CC2=O)c1. The highest BCUT2D eigenvalue weighted by Gasteiger charge is 2.36. The van der Waals surface area contributed by atoms with Crippen LogP contribution in [-0.2, 0) is 20.8 Å². The maximum absolute atomic E-state index is 12.9. The van der Waals surface area contributed by atoms with Gasteiger partial charge in [0.15, 0.2) is 0 Å². The van der Waals surface area contributed by atoms with E-state index in [-0.39, 0.29) is 36.1 Å². The lowest BCUT2D eigenvalue weighted by Crippen LogP contribution is -2.36. The molecule has 6 nitrogen and oxygen atoms in total. The standard InChI is InChI=1S/C23H25N3O3/c1-15(27)24-18-8-5-9-19(13-18)26-14-17(12-22(26)28)23(29)25-21-11-4-7-16-6-2-3-10-20(16)21/h2-3,5-6,8-10,13,17,21H,4,7,11-12,14H2,1H3,(H,24,27)(H,25,29). The van der Waals surface area contributed by atoms with Gasteiger partial charge in [0.05, 0.1) is 12.0 Å². The number of hydrogen-bond donors (Lipinski definition) is 2. The number of benzene rings is 2. The van der Waals surface area contributed by atoms with Gasteiger partial charge in [0.1, 0.15) is 0 Å². The van der Waals surface area contributed by atoms with Crippen LogP contribution in [0.3, 0.4) is 0 Å². The molecule has 3 amide bonds. The number of hydrogen-bond acceptors (Lipinski definition) is 3. The minimum absolute atomic E-state index is 0.0136. The fourth-order valence-corrected chi connectivity index (χ4v) is 4.28. The number of carbonyl (C=O) groups is 3. The summed E-state index contributed by atoms with van der Waals surface area (Å²) in [6.07, 6.45) is 3.22. The van der Waals surface area contributed by atoms with E-state index in [2.05, 4.69) is 22.8 Å². The molecule has 0 bridgehead atoms. The third kappa shape index (κ3) is 4.16. The van der Waals surface area contributed by atoms with Crippen molar-refractivity contribution in [3.8, 4) is 0 Å². The molecule has 0 radical (unpaired) electrons. The van der Waals surface area contributed by atoms with Crippen molar-refractivity contribution in [3.05, 3.63) is 59.7 Å². The lowest BCUT2D eigenvalue weighted by Gasteiger charge is -2.27. The van der Waals surface area contributed by atoms with Crippen molar-refractivity contribution in [2.75, 3.05) is 16.8 Å². The summed E-state index contributed by atoms with van der Waals surface area (Å²) in [6.45, 7) is 1.79. The fraction of sp³-hybridized carbons (Fsp3) is 0.348. The molecule has 29 heavy (non-hydrogen) atoms. The predicted molar refractivity (Wildman–Crippen MR) is 111 cm³/mol. The zero-order valence-electron chi connectivity index (χ0n) is 16.5. The van der Waals surface area contributed by atoms with Crippen LogP contribution in [0, 0.1) is 5.92 Å². The van der Waals surface area contributed by atoms with Crippen LogP contribution in [-0.4, -0.2) is 24.3 Å². The van der Waals surface area contributed by atoms with Gasteiger partial charge in [-0.25, -0.2) is 0 Å². The minimum Gasteiger partial charge on any atom is -0.349 e. The Balaban J connectivity index is 1.44. The molecule has 2 unspecified atom stereocenters. The highest BCUT2D eigenvalue weighted by molar-refractivity contribution is 6.01. The highest BCUT2D eigenvalue weighted by Crippen LogP contribution is 2.31. The first-order valence-electron chi connectivity index (χ1n) is 10.1. The first kappa shape index (κ1) is 19.2. The monoisotopic (exact) mass is 391 g/mol. The van der Waals surface area contributed by atoms with Gasteiger partial charge in [-0.1, -0.05) is 30.3 Å². The maximum Gasteiger partial charge on any atom is 0.227 e. The number of fused-ring (bicyclic) bond motifs is 1. The molecular weight excluding hydrogens is 366 g/mol. The van der Waals surface area contributed by atoms with E-state index in [1.54, 1.807) is 23.1 Å². The van der Waals surface area contributed by atoms with Crippen molar-refractivity contribution in [1.29, 1.82) is 0 Å². The van der Waals surface area contributed by atoms with Crippen molar-refractivity contribution in [1.82, 2.24) is 5.32 Å². The van der Waals surface area contributed by atoms with Gasteiger partial charge in [0, 0.05) is 31.3 Å². The van der Waals surface area contributed by atoms with Gasteiger partial charge < -0.3 is 15.5 Å². The fourth-order valence-electron chi connectivity index (χ4n) is 4.28. The van der Waals surface area contributed by atoms with Crippen molar-refractivity contribution >= 4 is 29.1 Å². The molecule has 0 aromatic heterocycles. The summed E-state index contributed by atoms with van der Waals surface area (Å²) in [6, 6.07) is 15.4. The third-order valence-corrected chi connectivity index (χ3v) is 5.66. The van der Waals surface area contributed by atoms with E-state index in [4.69, 9.17) is 0 Å². The minimum atomic E-state index is -0.374. The van der Waals surface area contributed by atoms with Gasteiger partial charge in [0.25, 0.3) is 0 Å². The molecule has 2 N–H and O–H groups in total. The van der Waals surface area contributed by atoms with Crippen LogP contribution in [0.15, 0.2) is 48.5 Å². The molecule has 1 saturated heterocycles. The Morgan fingerprint density at radius 1 is 1.10 bits per heavy atom. The number of amides is 3. The number of nitrogens with one attached hydrogen (secondary N) is 2. The molecule has 2 atom stereocenters. The molecule has 4 rings (SSSR count). The molecule has 0 saturated carbocycles. The number of aryl methyl sites for hydroxylation is 1. The topological polar surface area (TPSA) is 78.5 Å². The van der Waals surface area contributed by atoms with Crippen molar-refractivity contribution in [3.63, 3.8) is 0 Å². The van der Waals surface area contributed by atoms with E-state index in [0.29, 0.717) is 17.9 Å². The summed E-state index contributed by atoms with van der Waals surface area (Å²) in [4.78, 5) is 38.4. The van der Waals surface area contributed by atoms with Crippen LogP contribution in [0.25, 0.3) is 0 Å².